The van der Waals surface area contributed by atoms with E-state index in [9.17, 15) is 4.79 Å². The lowest BCUT2D eigenvalue weighted by Gasteiger charge is -2.19. The second-order valence-corrected chi connectivity index (χ2v) is 2.31. The zero-order valence-electron chi connectivity index (χ0n) is 6.29. The van der Waals surface area contributed by atoms with Crippen molar-refractivity contribution in [3.8, 4) is 0 Å². The molecule has 12 heavy (non-hydrogen) atoms. The highest BCUT2D eigenvalue weighted by atomic mass is 16.4. The van der Waals surface area contributed by atoms with Crippen molar-refractivity contribution in [3.63, 3.8) is 0 Å². The molecular formula is C6H12O6. The van der Waals surface area contributed by atoms with Crippen LogP contribution in [0, 0.1) is 0 Å². The number of aliphatic hydroxyl groups is 5. The van der Waals surface area contributed by atoms with Crippen LogP contribution in [0.25, 0.3) is 0 Å². The molecule has 0 bridgehead atoms. The minimum absolute atomic E-state index is 0.767. The number of Topliss-reactive ketones (excluding diaryl/α,β-unsaturated/α-hetero) is 1. The maximum absolute atomic E-state index is 10.5. The lowest BCUT2D eigenvalue weighted by Crippen LogP contribution is -2.44. The molecule has 0 saturated heterocycles. The topological polar surface area (TPSA) is 118 Å². The maximum atomic E-state index is 10.5. The molecule has 0 rings (SSSR count). The van der Waals surface area contributed by atoms with Gasteiger partial charge < -0.3 is 25.5 Å². The van der Waals surface area contributed by atoms with Crippen molar-refractivity contribution >= 4 is 5.78 Å². The molecule has 0 aliphatic rings. The smallest absolute Gasteiger partial charge is 0.189 e. The zero-order valence-corrected chi connectivity index (χ0v) is 6.29. The van der Waals surface area contributed by atoms with Crippen molar-refractivity contribution < 1.29 is 30.3 Å². The summed E-state index contributed by atoms with van der Waals surface area (Å²) in [6, 6.07) is 0. The molecule has 0 heterocycles. The summed E-state index contributed by atoms with van der Waals surface area (Å²) in [6.45, 7) is -1.69. The fourth-order valence-electron chi connectivity index (χ4n) is 0.602. The Balaban J connectivity index is 4.08. The van der Waals surface area contributed by atoms with E-state index in [1.165, 1.54) is 0 Å². The van der Waals surface area contributed by atoms with Gasteiger partial charge in [0.15, 0.2) is 5.78 Å². The Morgan fingerprint density at radius 1 is 1.17 bits per heavy atom. The highest BCUT2D eigenvalue weighted by Gasteiger charge is 2.28. The quantitative estimate of drug-likeness (QED) is 0.301. The van der Waals surface area contributed by atoms with E-state index >= 15 is 0 Å². The molecule has 0 fully saturated rings. The van der Waals surface area contributed by atoms with Gasteiger partial charge in [-0.2, -0.15) is 0 Å². The highest BCUT2D eigenvalue weighted by Crippen LogP contribution is 2.00. The van der Waals surface area contributed by atoms with E-state index < -0.39 is 37.3 Å². The van der Waals surface area contributed by atoms with Gasteiger partial charge in [-0.15, -0.1) is 0 Å². The van der Waals surface area contributed by atoms with Gasteiger partial charge in [0.25, 0.3) is 0 Å². The van der Waals surface area contributed by atoms with Crippen molar-refractivity contribution in [2.24, 2.45) is 0 Å². The first-order chi connectivity index (χ1) is 5.54. The van der Waals surface area contributed by atoms with Crippen molar-refractivity contribution in [1.29, 1.82) is 0 Å². The first-order valence-electron chi connectivity index (χ1n) is 3.33. The first kappa shape index (κ1) is 11.5. The summed E-state index contributed by atoms with van der Waals surface area (Å²) in [5, 5.41) is 43.1. The lowest BCUT2D eigenvalue weighted by atomic mass is 10.1. The van der Waals surface area contributed by atoms with Crippen LogP contribution in [0.15, 0.2) is 0 Å². The summed E-state index contributed by atoms with van der Waals surface area (Å²) in [5.41, 5.74) is 0. The van der Waals surface area contributed by atoms with Crippen LogP contribution in [-0.4, -0.2) is 62.8 Å². The maximum Gasteiger partial charge on any atom is 0.189 e. The fourth-order valence-corrected chi connectivity index (χ4v) is 0.602. The van der Waals surface area contributed by atoms with Crippen LogP contribution in [0.3, 0.4) is 0 Å². The number of hydrogen-bond donors (Lipinski definition) is 5. The summed E-state index contributed by atoms with van der Waals surface area (Å²) >= 11 is 0. The van der Waals surface area contributed by atoms with Crippen molar-refractivity contribution in [3.05, 3.63) is 0 Å². The van der Waals surface area contributed by atoms with Crippen molar-refractivity contribution in [2.45, 2.75) is 18.3 Å². The molecule has 6 nitrogen and oxygen atoms in total. The van der Waals surface area contributed by atoms with E-state index in [-0.39, 0.29) is 0 Å². The van der Waals surface area contributed by atoms with Gasteiger partial charge in [-0.25, -0.2) is 0 Å². The van der Waals surface area contributed by atoms with Crippen molar-refractivity contribution in [1.82, 2.24) is 0 Å². The van der Waals surface area contributed by atoms with E-state index in [2.05, 4.69) is 0 Å². The highest BCUT2D eigenvalue weighted by molar-refractivity contribution is 5.84. The van der Waals surface area contributed by atoms with Crippen molar-refractivity contribution in [2.75, 3.05) is 13.2 Å². The van der Waals surface area contributed by atoms with Gasteiger partial charge in [-0.1, -0.05) is 0 Å². The normalized spacial score (nSPS) is 18.4. The summed E-state index contributed by atoms with van der Waals surface area (Å²) in [4.78, 5) is 10.5. The summed E-state index contributed by atoms with van der Waals surface area (Å²) in [6.07, 6.45) is -5.22. The second-order valence-electron chi connectivity index (χ2n) is 2.31. The predicted molar refractivity (Wildman–Crippen MR) is 37.2 cm³/mol. The largest absolute Gasteiger partial charge is 0.394 e. The molecule has 0 spiro atoms. The van der Waals surface area contributed by atoms with Gasteiger partial charge in [0, 0.05) is 0 Å². The Kier molecular flexibility index (Phi) is 4.95. The molecule has 0 aliphatic heterocycles. The standard InChI is InChI=1S/C6H12O6/c7-1-3(9)5(11)6(12)4(10)2-8/h3,5-9,11-12H,1-2H2/t3-,5?,6+/m0/s1. The predicted octanol–water partition coefficient (Wildman–Crippen LogP) is -3.38. The molecule has 0 aliphatic carbocycles. The summed E-state index contributed by atoms with van der Waals surface area (Å²) in [5.74, 6) is -1.00. The average molecular weight is 180 g/mol. The van der Waals surface area contributed by atoms with Crippen LogP contribution in [0.5, 0.6) is 0 Å². The molecule has 6 heteroatoms. The number of rotatable bonds is 5. The van der Waals surface area contributed by atoms with Gasteiger partial charge in [0.05, 0.1) is 6.61 Å². The van der Waals surface area contributed by atoms with Gasteiger partial charge in [0.2, 0.25) is 0 Å². The zero-order chi connectivity index (χ0) is 9.72. The number of carbonyl (C=O) groups is 1. The van der Waals surface area contributed by atoms with Crippen LogP contribution in [0.4, 0.5) is 0 Å². The van der Waals surface area contributed by atoms with Crippen LogP contribution in [0.1, 0.15) is 0 Å². The average Bonchev–Trinajstić information content (AvgIpc) is 2.12. The molecular weight excluding hydrogens is 168 g/mol. The molecule has 0 aromatic heterocycles. The van der Waals surface area contributed by atoms with E-state index in [1.807, 2.05) is 0 Å². The first-order valence-corrected chi connectivity index (χ1v) is 3.33. The number of carbonyl (C=O) groups excluding carboxylic acids is 1. The Morgan fingerprint density at radius 3 is 2.00 bits per heavy atom. The van der Waals surface area contributed by atoms with Crippen LogP contribution in [-0.2, 0) is 4.79 Å². The number of hydrogen-bond acceptors (Lipinski definition) is 6. The molecule has 1 unspecified atom stereocenters. The van der Waals surface area contributed by atoms with Crippen LogP contribution < -0.4 is 0 Å². The van der Waals surface area contributed by atoms with E-state index in [0.29, 0.717) is 0 Å². The molecule has 0 aromatic carbocycles. The molecule has 5 N–H and O–H groups in total. The third-order valence-electron chi connectivity index (χ3n) is 1.39. The van der Waals surface area contributed by atoms with Gasteiger partial charge in [0.1, 0.15) is 24.9 Å². The molecule has 0 amide bonds. The molecule has 72 valence electrons. The van der Waals surface area contributed by atoms with Crippen LogP contribution >= 0.6 is 0 Å². The lowest BCUT2D eigenvalue weighted by molar-refractivity contribution is -0.142. The minimum Gasteiger partial charge on any atom is -0.394 e. The van der Waals surface area contributed by atoms with Gasteiger partial charge in [-0.05, 0) is 0 Å². The van der Waals surface area contributed by atoms with E-state index in [4.69, 9.17) is 25.5 Å². The SMILES string of the molecule is O=C(CO)[C@@H](O)C(O)[C@@H](O)CO. The summed E-state index contributed by atoms with van der Waals surface area (Å²) in [7, 11) is 0. The molecule has 0 radical (unpaired) electrons. The molecule has 0 saturated carbocycles. The Hall–Kier alpha value is -0.530. The molecule has 0 aromatic rings. The van der Waals surface area contributed by atoms with Crippen LogP contribution in [0.2, 0.25) is 0 Å². The van der Waals surface area contributed by atoms with Gasteiger partial charge >= 0.3 is 0 Å². The Labute approximate surface area is 68.7 Å². The second kappa shape index (κ2) is 5.18. The van der Waals surface area contributed by atoms with E-state index in [1.54, 1.807) is 0 Å². The Bertz CT molecular complexity index is 147. The molecule has 3 atom stereocenters. The minimum atomic E-state index is -1.86. The fraction of sp³-hybridized carbons (Fsp3) is 0.833. The number of ketones is 1. The third kappa shape index (κ3) is 2.84. The monoisotopic (exact) mass is 180 g/mol. The summed E-state index contributed by atoms with van der Waals surface area (Å²) < 4.78 is 0. The number of aliphatic hydroxyl groups excluding tert-OH is 5. The van der Waals surface area contributed by atoms with Gasteiger partial charge in [-0.3, -0.25) is 4.79 Å². The Morgan fingerprint density at radius 2 is 1.67 bits per heavy atom. The van der Waals surface area contributed by atoms with E-state index in [0.717, 1.165) is 0 Å². The third-order valence-corrected chi connectivity index (χ3v) is 1.39.